The topological polar surface area (TPSA) is 104 Å². The molecule has 2 aliphatic rings. The van der Waals surface area contributed by atoms with Crippen molar-refractivity contribution in [2.75, 3.05) is 13.1 Å². The van der Waals surface area contributed by atoms with E-state index in [0.29, 0.717) is 18.6 Å². The second-order valence-electron chi connectivity index (χ2n) is 7.84. The summed E-state index contributed by atoms with van der Waals surface area (Å²) in [4.78, 5) is 17.1. The molecular weight excluding hydrogens is 362 g/mol. The van der Waals surface area contributed by atoms with E-state index in [-0.39, 0.29) is 23.8 Å². The lowest BCUT2D eigenvalue weighted by molar-refractivity contribution is -0.126. The molecule has 3 atom stereocenters. The van der Waals surface area contributed by atoms with Gasteiger partial charge in [0.25, 0.3) is 0 Å². The van der Waals surface area contributed by atoms with Crippen molar-refractivity contribution >= 4 is 11.6 Å². The van der Waals surface area contributed by atoms with Crippen molar-refractivity contribution in [3.05, 3.63) is 77.3 Å². The van der Waals surface area contributed by atoms with Gasteiger partial charge in [0.15, 0.2) is 0 Å². The third-order valence-electron chi connectivity index (χ3n) is 6.01. The highest BCUT2D eigenvalue weighted by atomic mass is 16.2. The van der Waals surface area contributed by atoms with E-state index in [2.05, 4.69) is 27.8 Å². The summed E-state index contributed by atoms with van der Waals surface area (Å²) < 4.78 is 0. The van der Waals surface area contributed by atoms with Crippen molar-refractivity contribution in [2.24, 2.45) is 11.7 Å². The molecule has 0 radical (unpaired) electrons. The average molecular weight is 390 g/mol. The van der Waals surface area contributed by atoms with Crippen LogP contribution in [0, 0.1) is 11.3 Å². The van der Waals surface area contributed by atoms with Gasteiger partial charge >= 0.3 is 0 Å². The quantitative estimate of drug-likeness (QED) is 0.589. The van der Waals surface area contributed by atoms with E-state index in [4.69, 9.17) is 11.1 Å². The summed E-state index contributed by atoms with van der Waals surface area (Å²) in [6, 6.07) is 14.0. The number of hydrogen-bond acceptors (Lipinski definition) is 5. The number of rotatable bonds is 5. The summed E-state index contributed by atoms with van der Waals surface area (Å²) in [5.41, 5.74) is 10.2. The predicted octanol–water partition coefficient (Wildman–Crippen LogP) is 2.33. The number of hydrogen-bond donors (Lipinski definition) is 4. The Balaban J connectivity index is 1.44. The van der Waals surface area contributed by atoms with E-state index < -0.39 is 0 Å². The van der Waals surface area contributed by atoms with Gasteiger partial charge in [-0.3, -0.25) is 15.2 Å². The standard InChI is InChI=1S/C23H27N5O/c24-20-7-6-17(12-18(20)22(25)16-8-10-26-11-9-16)23(29)28-21-14-27-13-19(21)15-4-2-1-3-5-15/h1-5,8-11,17,19,21,25,27H,6-7,12-14,24H2,(H,28,29)/t17?,19-,21+/m1/s1. The molecule has 1 aromatic carbocycles. The molecule has 1 saturated heterocycles. The van der Waals surface area contributed by atoms with E-state index in [1.165, 1.54) is 5.56 Å². The van der Waals surface area contributed by atoms with E-state index in [1.807, 2.05) is 18.2 Å². The zero-order chi connectivity index (χ0) is 20.2. The third kappa shape index (κ3) is 4.22. The van der Waals surface area contributed by atoms with Crippen LogP contribution in [0.1, 0.15) is 36.3 Å². The molecular formula is C23H27N5O. The molecule has 0 bridgehead atoms. The van der Waals surface area contributed by atoms with Crippen LogP contribution in [-0.4, -0.2) is 35.7 Å². The normalized spacial score (nSPS) is 24.3. The number of carbonyl (C=O) groups excluding carboxylic acids is 1. The molecule has 2 aromatic rings. The predicted molar refractivity (Wildman–Crippen MR) is 114 cm³/mol. The minimum Gasteiger partial charge on any atom is -0.402 e. The van der Waals surface area contributed by atoms with Crippen LogP contribution >= 0.6 is 0 Å². The summed E-state index contributed by atoms with van der Waals surface area (Å²) in [5.74, 6) is 0.183. The first kappa shape index (κ1) is 19.3. The maximum atomic E-state index is 13.1. The Bertz CT molecular complexity index is 909. The fourth-order valence-electron chi connectivity index (χ4n) is 4.32. The second-order valence-corrected chi connectivity index (χ2v) is 7.84. The van der Waals surface area contributed by atoms with Crippen molar-refractivity contribution < 1.29 is 4.79 Å². The number of aromatic nitrogens is 1. The highest BCUT2D eigenvalue weighted by molar-refractivity contribution is 6.11. The molecule has 1 aliphatic heterocycles. The first-order chi connectivity index (χ1) is 14.1. The number of nitrogens with two attached hydrogens (primary N) is 1. The SMILES string of the molecule is N=C(C1=C(N)CCC(C(=O)N[C@H]2CNC[C@@H]2c2ccccc2)C1)c1ccncc1. The molecule has 1 aliphatic carbocycles. The number of allylic oxidation sites excluding steroid dienone is 2. The zero-order valence-electron chi connectivity index (χ0n) is 16.4. The summed E-state index contributed by atoms with van der Waals surface area (Å²) in [7, 11) is 0. The van der Waals surface area contributed by atoms with Gasteiger partial charge in [0.2, 0.25) is 5.91 Å². The molecule has 29 heavy (non-hydrogen) atoms. The van der Waals surface area contributed by atoms with E-state index >= 15 is 0 Å². The number of pyridine rings is 1. The number of benzene rings is 1. The summed E-state index contributed by atoms with van der Waals surface area (Å²) in [5, 5.41) is 15.2. The Hall–Kier alpha value is -2.99. The van der Waals surface area contributed by atoms with Crippen LogP contribution in [0.15, 0.2) is 66.1 Å². The van der Waals surface area contributed by atoms with Gasteiger partial charge in [-0.25, -0.2) is 0 Å². The zero-order valence-corrected chi connectivity index (χ0v) is 16.4. The molecule has 1 fully saturated rings. The van der Waals surface area contributed by atoms with E-state index in [0.717, 1.165) is 36.3 Å². The number of nitrogens with zero attached hydrogens (tertiary/aromatic N) is 1. The molecule has 4 rings (SSSR count). The van der Waals surface area contributed by atoms with Crippen LogP contribution in [0.5, 0.6) is 0 Å². The first-order valence-electron chi connectivity index (χ1n) is 10.2. The van der Waals surface area contributed by atoms with Crippen molar-refractivity contribution in [1.29, 1.82) is 5.41 Å². The molecule has 1 amide bonds. The van der Waals surface area contributed by atoms with Crippen LogP contribution in [0.25, 0.3) is 0 Å². The Labute approximate surface area is 171 Å². The maximum Gasteiger partial charge on any atom is 0.223 e. The highest BCUT2D eigenvalue weighted by Crippen LogP contribution is 2.30. The lowest BCUT2D eigenvalue weighted by Crippen LogP contribution is -2.43. The molecule has 6 heteroatoms. The first-order valence-corrected chi connectivity index (χ1v) is 10.2. The van der Waals surface area contributed by atoms with Gasteiger partial charge in [0.1, 0.15) is 0 Å². The van der Waals surface area contributed by atoms with Gasteiger partial charge in [0.05, 0.1) is 5.71 Å². The van der Waals surface area contributed by atoms with E-state index in [1.54, 1.807) is 24.5 Å². The summed E-state index contributed by atoms with van der Waals surface area (Å²) in [6.45, 7) is 1.64. The highest BCUT2D eigenvalue weighted by Gasteiger charge is 2.33. The lowest BCUT2D eigenvalue weighted by atomic mass is 9.82. The Morgan fingerprint density at radius 3 is 2.66 bits per heavy atom. The third-order valence-corrected chi connectivity index (χ3v) is 6.01. The average Bonchev–Trinajstić information content (AvgIpc) is 3.23. The summed E-state index contributed by atoms with van der Waals surface area (Å²) in [6.07, 6.45) is 5.22. The van der Waals surface area contributed by atoms with Crippen LogP contribution in [0.3, 0.4) is 0 Å². The smallest absolute Gasteiger partial charge is 0.223 e. The van der Waals surface area contributed by atoms with Gasteiger partial charge in [-0.1, -0.05) is 30.3 Å². The van der Waals surface area contributed by atoms with Crippen LogP contribution in [-0.2, 0) is 4.79 Å². The molecule has 1 unspecified atom stereocenters. The minimum atomic E-state index is -0.156. The molecule has 150 valence electrons. The van der Waals surface area contributed by atoms with Crippen LogP contribution in [0.2, 0.25) is 0 Å². The monoisotopic (exact) mass is 389 g/mol. The van der Waals surface area contributed by atoms with Crippen molar-refractivity contribution in [2.45, 2.75) is 31.2 Å². The number of amides is 1. The largest absolute Gasteiger partial charge is 0.402 e. The Kier molecular flexibility index (Phi) is 5.71. The van der Waals surface area contributed by atoms with Crippen molar-refractivity contribution in [3.8, 4) is 0 Å². The molecule has 1 aromatic heterocycles. The number of carbonyl (C=O) groups is 1. The van der Waals surface area contributed by atoms with Crippen molar-refractivity contribution in [3.63, 3.8) is 0 Å². The maximum absolute atomic E-state index is 13.1. The van der Waals surface area contributed by atoms with Gasteiger partial charge in [-0.05, 0) is 42.5 Å². The van der Waals surface area contributed by atoms with Crippen molar-refractivity contribution in [1.82, 2.24) is 15.6 Å². The Morgan fingerprint density at radius 1 is 1.14 bits per heavy atom. The van der Waals surface area contributed by atoms with Gasteiger partial charge < -0.3 is 16.4 Å². The summed E-state index contributed by atoms with van der Waals surface area (Å²) >= 11 is 0. The Morgan fingerprint density at radius 2 is 1.90 bits per heavy atom. The van der Waals surface area contributed by atoms with Crippen LogP contribution in [0.4, 0.5) is 0 Å². The molecule has 2 heterocycles. The molecule has 0 saturated carbocycles. The fourth-order valence-corrected chi connectivity index (χ4v) is 4.32. The number of nitrogens with one attached hydrogen (secondary N) is 3. The molecule has 6 nitrogen and oxygen atoms in total. The van der Waals surface area contributed by atoms with Crippen LogP contribution < -0.4 is 16.4 Å². The minimum absolute atomic E-state index is 0.0622. The lowest BCUT2D eigenvalue weighted by Gasteiger charge is -2.28. The van der Waals surface area contributed by atoms with E-state index in [9.17, 15) is 4.79 Å². The molecule has 5 N–H and O–H groups in total. The van der Waals surface area contributed by atoms with Gasteiger partial charge in [-0.15, -0.1) is 0 Å². The second kappa shape index (κ2) is 8.57. The van der Waals surface area contributed by atoms with Gasteiger partial charge in [-0.2, -0.15) is 0 Å². The molecule has 0 spiro atoms. The fraction of sp³-hybridized carbons (Fsp3) is 0.348. The van der Waals surface area contributed by atoms with Gasteiger partial charge in [0, 0.05) is 54.6 Å².